The maximum absolute atomic E-state index is 12.2. The summed E-state index contributed by atoms with van der Waals surface area (Å²) in [6, 6.07) is -0.0842. The van der Waals surface area contributed by atoms with E-state index in [0.29, 0.717) is 26.1 Å². The fourth-order valence-corrected chi connectivity index (χ4v) is 2.51. The van der Waals surface area contributed by atoms with Crippen molar-refractivity contribution in [1.29, 1.82) is 0 Å². The molecule has 1 atom stereocenters. The molecule has 1 aliphatic heterocycles. The number of hydrogen-bond acceptors (Lipinski definition) is 3. The number of carbonyl (C=O) groups is 2. The minimum Gasteiger partial charge on any atom is -0.481 e. The summed E-state index contributed by atoms with van der Waals surface area (Å²) in [5.41, 5.74) is -0.792. The molecular weight excluding hydrogens is 246 g/mol. The maximum Gasteiger partial charge on any atom is 0.319 e. The van der Waals surface area contributed by atoms with Crippen LogP contribution in [-0.2, 0) is 4.79 Å². The van der Waals surface area contributed by atoms with Crippen LogP contribution in [0.2, 0.25) is 0 Å². The first-order valence-electron chi connectivity index (χ1n) is 6.73. The lowest BCUT2D eigenvalue weighted by Crippen LogP contribution is -2.45. The average molecular weight is 271 g/mol. The first-order valence-corrected chi connectivity index (χ1v) is 6.73. The minimum atomic E-state index is -0.796. The fraction of sp³-hybridized carbons (Fsp3) is 0.846. The smallest absolute Gasteiger partial charge is 0.319 e. The molecule has 1 unspecified atom stereocenters. The summed E-state index contributed by atoms with van der Waals surface area (Å²) in [4.78, 5) is 27.0. The summed E-state index contributed by atoms with van der Waals surface area (Å²) < 4.78 is 0. The van der Waals surface area contributed by atoms with E-state index >= 15 is 0 Å². The van der Waals surface area contributed by atoms with Gasteiger partial charge in [0.05, 0.1) is 5.41 Å². The van der Waals surface area contributed by atoms with Crippen molar-refractivity contribution >= 4 is 12.0 Å². The second kappa shape index (κ2) is 6.23. The first kappa shape index (κ1) is 15.8. The van der Waals surface area contributed by atoms with Crippen molar-refractivity contribution in [2.24, 2.45) is 11.3 Å². The lowest BCUT2D eigenvalue weighted by Gasteiger charge is -2.30. The van der Waals surface area contributed by atoms with E-state index in [4.69, 9.17) is 0 Å². The van der Waals surface area contributed by atoms with Crippen molar-refractivity contribution in [3.05, 3.63) is 0 Å². The SMILES string of the molecule is CNCCN(C)C(=O)N1CCC(C(=O)O)(C(C)C)C1. The van der Waals surface area contributed by atoms with Crippen LogP contribution in [0.15, 0.2) is 0 Å². The molecule has 6 nitrogen and oxygen atoms in total. The number of nitrogens with zero attached hydrogens (tertiary/aromatic N) is 2. The van der Waals surface area contributed by atoms with E-state index in [-0.39, 0.29) is 11.9 Å². The van der Waals surface area contributed by atoms with Crippen molar-refractivity contribution in [3.8, 4) is 0 Å². The van der Waals surface area contributed by atoms with Crippen molar-refractivity contribution in [2.75, 3.05) is 40.3 Å². The van der Waals surface area contributed by atoms with Gasteiger partial charge in [-0.3, -0.25) is 4.79 Å². The lowest BCUT2D eigenvalue weighted by atomic mass is 9.76. The van der Waals surface area contributed by atoms with Gasteiger partial charge in [-0.25, -0.2) is 4.79 Å². The topological polar surface area (TPSA) is 72.9 Å². The molecule has 0 aromatic rings. The molecule has 0 aromatic carbocycles. The molecule has 1 rings (SSSR count). The Hall–Kier alpha value is -1.30. The molecule has 0 radical (unpaired) electrons. The third kappa shape index (κ3) is 3.18. The number of nitrogens with one attached hydrogen (secondary N) is 1. The van der Waals surface area contributed by atoms with E-state index in [9.17, 15) is 14.7 Å². The molecule has 0 bridgehead atoms. The van der Waals surface area contributed by atoms with Gasteiger partial charge >= 0.3 is 12.0 Å². The molecule has 2 amide bonds. The standard InChI is InChI=1S/C13H25N3O3/c1-10(2)13(11(17)18)5-7-16(9-13)12(19)15(4)8-6-14-3/h10,14H,5-9H2,1-4H3,(H,17,18). The van der Waals surface area contributed by atoms with Crippen LogP contribution in [0.5, 0.6) is 0 Å². The Morgan fingerprint density at radius 2 is 2.11 bits per heavy atom. The molecule has 1 heterocycles. The molecule has 1 fully saturated rings. The molecule has 110 valence electrons. The molecule has 0 saturated carbocycles. The van der Waals surface area contributed by atoms with Crippen molar-refractivity contribution in [2.45, 2.75) is 20.3 Å². The highest BCUT2D eigenvalue weighted by Gasteiger charge is 2.48. The Kier molecular flexibility index (Phi) is 5.17. The Bertz CT molecular complexity index is 346. The average Bonchev–Trinajstić information content (AvgIpc) is 2.81. The quantitative estimate of drug-likeness (QED) is 0.771. The minimum absolute atomic E-state index is 0.0189. The van der Waals surface area contributed by atoms with Gasteiger partial charge in [0.2, 0.25) is 0 Å². The van der Waals surface area contributed by atoms with Crippen molar-refractivity contribution < 1.29 is 14.7 Å². The zero-order valence-corrected chi connectivity index (χ0v) is 12.3. The van der Waals surface area contributed by atoms with Gasteiger partial charge in [0, 0.05) is 33.2 Å². The number of rotatable bonds is 5. The van der Waals surface area contributed by atoms with Gasteiger partial charge < -0.3 is 20.2 Å². The van der Waals surface area contributed by atoms with Gasteiger partial charge in [0.25, 0.3) is 0 Å². The Labute approximate surface area is 114 Å². The molecule has 19 heavy (non-hydrogen) atoms. The van der Waals surface area contributed by atoms with Crippen LogP contribution >= 0.6 is 0 Å². The van der Waals surface area contributed by atoms with E-state index in [1.165, 1.54) is 0 Å². The summed E-state index contributed by atoms with van der Waals surface area (Å²) >= 11 is 0. The highest BCUT2D eigenvalue weighted by molar-refractivity contribution is 5.80. The molecule has 1 aliphatic rings. The summed E-state index contributed by atoms with van der Waals surface area (Å²) in [6.45, 7) is 5.99. The normalized spacial score (nSPS) is 22.9. The maximum atomic E-state index is 12.2. The highest BCUT2D eigenvalue weighted by Crippen LogP contribution is 2.38. The number of likely N-dealkylation sites (tertiary alicyclic amines) is 1. The number of carbonyl (C=O) groups excluding carboxylic acids is 1. The van der Waals surface area contributed by atoms with Crippen LogP contribution in [-0.4, -0.2) is 67.2 Å². The van der Waals surface area contributed by atoms with Gasteiger partial charge in [-0.2, -0.15) is 0 Å². The Morgan fingerprint density at radius 3 is 2.53 bits per heavy atom. The molecule has 1 saturated heterocycles. The van der Waals surface area contributed by atoms with Crippen LogP contribution in [0.1, 0.15) is 20.3 Å². The molecule has 0 spiro atoms. The van der Waals surface area contributed by atoms with Gasteiger partial charge in [0.15, 0.2) is 0 Å². The van der Waals surface area contributed by atoms with Gasteiger partial charge in [0.1, 0.15) is 0 Å². The number of aliphatic carboxylic acids is 1. The number of likely N-dealkylation sites (N-methyl/N-ethyl adjacent to an activating group) is 2. The monoisotopic (exact) mass is 271 g/mol. The largest absolute Gasteiger partial charge is 0.481 e. The van der Waals surface area contributed by atoms with E-state index in [2.05, 4.69) is 5.32 Å². The van der Waals surface area contributed by atoms with E-state index in [1.807, 2.05) is 20.9 Å². The second-order valence-electron chi connectivity index (χ2n) is 5.60. The number of carboxylic acid groups (broad SMARTS) is 1. The summed E-state index contributed by atoms with van der Waals surface area (Å²) in [6.07, 6.45) is 0.533. The Morgan fingerprint density at radius 1 is 1.47 bits per heavy atom. The second-order valence-corrected chi connectivity index (χ2v) is 5.60. The summed E-state index contributed by atoms with van der Waals surface area (Å²) in [7, 11) is 3.58. The predicted molar refractivity (Wildman–Crippen MR) is 73.0 cm³/mol. The van der Waals surface area contributed by atoms with Crippen LogP contribution in [0.3, 0.4) is 0 Å². The zero-order chi connectivity index (χ0) is 14.6. The number of carboxylic acids is 1. The number of hydrogen-bond donors (Lipinski definition) is 2. The van der Waals surface area contributed by atoms with Crippen molar-refractivity contribution in [1.82, 2.24) is 15.1 Å². The zero-order valence-electron chi connectivity index (χ0n) is 12.3. The van der Waals surface area contributed by atoms with Gasteiger partial charge in [-0.15, -0.1) is 0 Å². The predicted octanol–water partition coefficient (Wildman–Crippen LogP) is 0.690. The number of urea groups is 1. The molecule has 0 aliphatic carbocycles. The van der Waals surface area contributed by atoms with Crippen LogP contribution in [0.25, 0.3) is 0 Å². The highest BCUT2D eigenvalue weighted by atomic mass is 16.4. The first-order chi connectivity index (χ1) is 8.85. The summed E-state index contributed by atoms with van der Waals surface area (Å²) in [5, 5.41) is 12.4. The van der Waals surface area contributed by atoms with Crippen LogP contribution in [0, 0.1) is 11.3 Å². The van der Waals surface area contributed by atoms with Crippen LogP contribution in [0.4, 0.5) is 4.79 Å². The lowest BCUT2D eigenvalue weighted by molar-refractivity contribution is -0.150. The van der Waals surface area contributed by atoms with Crippen LogP contribution < -0.4 is 5.32 Å². The van der Waals surface area contributed by atoms with E-state index in [0.717, 1.165) is 6.54 Å². The number of amides is 2. The third-order valence-corrected chi connectivity index (χ3v) is 4.13. The third-order valence-electron chi connectivity index (χ3n) is 4.13. The fourth-order valence-electron chi connectivity index (χ4n) is 2.51. The van der Waals surface area contributed by atoms with Crippen molar-refractivity contribution in [3.63, 3.8) is 0 Å². The molecule has 6 heteroatoms. The van der Waals surface area contributed by atoms with Gasteiger partial charge in [-0.05, 0) is 19.4 Å². The van der Waals surface area contributed by atoms with E-state index in [1.54, 1.807) is 16.8 Å². The molecule has 2 N–H and O–H groups in total. The van der Waals surface area contributed by atoms with Gasteiger partial charge in [-0.1, -0.05) is 13.8 Å². The van der Waals surface area contributed by atoms with E-state index < -0.39 is 11.4 Å². The summed E-state index contributed by atoms with van der Waals surface area (Å²) in [5.74, 6) is -0.777. The molecule has 0 aromatic heterocycles. The molecular formula is C13H25N3O3. The Balaban J connectivity index is 2.69.